The lowest BCUT2D eigenvalue weighted by Crippen LogP contribution is -2.73. The zero-order chi connectivity index (χ0) is 36.4. The fourth-order valence-corrected chi connectivity index (χ4v) is 13.5. The maximum atomic E-state index is 13.5. The van der Waals surface area contributed by atoms with Gasteiger partial charge < -0.3 is 40.2 Å². The summed E-state index contributed by atoms with van der Waals surface area (Å²) >= 11 is 1.84. The third kappa shape index (κ3) is 4.79. The fraction of sp³-hybridized carbons (Fsp3) is 0.789. The van der Waals surface area contributed by atoms with Crippen molar-refractivity contribution in [3.8, 4) is 0 Å². The Kier molecular flexibility index (Phi) is 8.21. The summed E-state index contributed by atoms with van der Waals surface area (Å²) in [5, 5.41) is 44.0. The van der Waals surface area contributed by atoms with Crippen molar-refractivity contribution in [2.75, 3.05) is 12.4 Å². The number of carbonyl (C=O) groups excluding carboxylic acids is 4. The van der Waals surface area contributed by atoms with Gasteiger partial charge in [-0.3, -0.25) is 9.59 Å². The number of ketones is 1. The number of ether oxygens (including phenoxy) is 3. The third-order valence-electron chi connectivity index (χ3n) is 15.3. The highest BCUT2D eigenvalue weighted by atomic mass is 32.2. The fourth-order valence-electron chi connectivity index (χ4n) is 11.9. The number of thioether (sulfide) groups is 1. The number of cyclic esters (lactones) is 1. The quantitative estimate of drug-likeness (QED) is 0.102. The number of nitrogens with one attached hydrogen (secondary N) is 2. The largest absolute Gasteiger partial charge is 0.461 e. The summed E-state index contributed by atoms with van der Waals surface area (Å²) in [7, 11) is 0. The molecule has 2 amide bonds. The minimum absolute atomic E-state index is 0.0298. The van der Waals surface area contributed by atoms with Gasteiger partial charge in [0.1, 0.15) is 29.5 Å². The number of urea groups is 1. The Bertz CT molecular complexity index is 1610. The molecule has 0 aromatic rings. The van der Waals surface area contributed by atoms with Crippen molar-refractivity contribution in [3.05, 3.63) is 23.3 Å². The van der Waals surface area contributed by atoms with Crippen LogP contribution in [0.4, 0.5) is 4.79 Å². The number of rotatable bonds is 9. The van der Waals surface area contributed by atoms with Gasteiger partial charge in [0.15, 0.2) is 5.78 Å². The maximum absolute atomic E-state index is 13.5. The molecule has 51 heavy (non-hydrogen) atoms. The number of hydrogen-bond acceptors (Lipinski definition) is 11. The van der Waals surface area contributed by atoms with Crippen molar-refractivity contribution in [2.45, 2.75) is 150 Å². The minimum atomic E-state index is -1.96. The number of carbonyl (C=O) groups is 4. The average Bonchev–Trinajstić information content (AvgIpc) is 3.37. The summed E-state index contributed by atoms with van der Waals surface area (Å²) in [5.41, 5.74) is -6.81. The first-order valence-corrected chi connectivity index (χ1v) is 19.9. The number of unbranched alkanes of at least 4 members (excludes halogenated alkanes) is 1. The molecule has 5 unspecified atom stereocenters. The molecular weight excluding hydrogens is 676 g/mol. The van der Waals surface area contributed by atoms with Crippen LogP contribution < -0.4 is 10.6 Å². The second-order valence-corrected chi connectivity index (χ2v) is 18.5. The number of aliphatic hydroxyl groups is 3. The summed E-state index contributed by atoms with van der Waals surface area (Å²) in [6.45, 7) is 6.80. The molecule has 12 nitrogen and oxygen atoms in total. The molecule has 0 aromatic heterocycles. The summed E-state index contributed by atoms with van der Waals surface area (Å²) < 4.78 is 17.7. The van der Waals surface area contributed by atoms with E-state index >= 15 is 0 Å². The molecule has 4 heterocycles. The second-order valence-electron chi connectivity index (χ2n) is 17.3. The van der Waals surface area contributed by atoms with E-state index in [0.717, 1.165) is 18.6 Å². The molecule has 3 saturated carbocycles. The lowest BCUT2D eigenvalue weighted by Gasteiger charge is -2.63. The van der Waals surface area contributed by atoms with E-state index in [9.17, 15) is 34.5 Å². The molecule has 13 atom stereocenters. The molecular formula is C38H52N2O10S. The van der Waals surface area contributed by atoms with E-state index < -0.39 is 45.3 Å². The molecule has 0 aromatic carbocycles. The molecule has 8 rings (SSSR count). The van der Waals surface area contributed by atoms with Crippen LogP contribution >= 0.6 is 11.8 Å². The zero-order valence-corrected chi connectivity index (χ0v) is 30.8. The molecule has 6 fully saturated rings. The molecule has 1 spiro atoms. The number of amides is 2. The lowest BCUT2D eigenvalue weighted by molar-refractivity contribution is -0.282. The minimum Gasteiger partial charge on any atom is -0.461 e. The topological polar surface area (TPSA) is 184 Å². The van der Waals surface area contributed by atoms with Crippen molar-refractivity contribution in [1.82, 2.24) is 10.6 Å². The molecule has 4 aliphatic carbocycles. The van der Waals surface area contributed by atoms with E-state index in [4.69, 9.17) is 14.2 Å². The highest BCUT2D eigenvalue weighted by Crippen LogP contribution is 2.75. The summed E-state index contributed by atoms with van der Waals surface area (Å²) in [4.78, 5) is 51.1. The van der Waals surface area contributed by atoms with Gasteiger partial charge in [0, 0.05) is 34.8 Å². The van der Waals surface area contributed by atoms with E-state index in [1.54, 1.807) is 13.0 Å². The molecule has 0 bridgehead atoms. The Morgan fingerprint density at radius 3 is 2.69 bits per heavy atom. The van der Waals surface area contributed by atoms with Crippen LogP contribution in [0.1, 0.15) is 98.3 Å². The lowest BCUT2D eigenvalue weighted by atomic mass is 9.42. The van der Waals surface area contributed by atoms with Crippen molar-refractivity contribution >= 4 is 35.5 Å². The molecule has 4 aliphatic heterocycles. The molecule has 280 valence electrons. The Morgan fingerprint density at radius 2 is 1.90 bits per heavy atom. The Balaban J connectivity index is 0.919. The first-order chi connectivity index (χ1) is 24.0. The van der Waals surface area contributed by atoms with Gasteiger partial charge in [-0.1, -0.05) is 19.4 Å². The van der Waals surface area contributed by atoms with Crippen LogP contribution in [0, 0.1) is 22.7 Å². The second kappa shape index (κ2) is 11.8. The van der Waals surface area contributed by atoms with Crippen LogP contribution in [0.5, 0.6) is 0 Å². The van der Waals surface area contributed by atoms with Crippen molar-refractivity contribution < 1.29 is 48.7 Å². The predicted octanol–water partition coefficient (Wildman–Crippen LogP) is 3.00. The normalized spacial score (nSPS) is 47.6. The SMILES string of the molecule is CC1=C(COC(=O)CCCCC2SCC3NC(=O)NC32)CC(C(C)(O)[C@]2(O)CC[C@@]3(O)[C@@H]4C[C@H]5O[C@]56CC=CC(=O)[C@]6(C)[C@H]4CC[C@@]32C)OC1=O. The number of epoxide rings is 1. The Morgan fingerprint density at radius 1 is 1.12 bits per heavy atom. The third-order valence-corrected chi connectivity index (χ3v) is 16.9. The molecule has 3 saturated heterocycles. The highest BCUT2D eigenvalue weighted by Gasteiger charge is 2.82. The van der Waals surface area contributed by atoms with E-state index in [0.29, 0.717) is 48.5 Å². The number of hydrogen-bond donors (Lipinski definition) is 5. The first kappa shape index (κ1) is 35.6. The standard InChI is InChI=1S/C38H52N2O10S/c1-20-21(18-48-29(42)10-6-5-8-25-30-24(19-51-25)39-32(44)40-30)16-27(49-31(20)43)35(4,45)38(47)15-14-36(46)23-17-28-37(50-28)12-7-9-26(41)34(37,3)22(23)11-13-33(36,38)2/h7,9,22-25,27-28,30,45-47H,5-6,8,10-19H2,1-4H3,(H2,39,40,44)/t22-,23+,24?,25?,27?,28+,30?,33-,34-,35?,36+,37+,38-/m0/s1. The molecule has 5 N–H and O–H groups in total. The van der Waals surface area contributed by atoms with Crippen molar-refractivity contribution in [2.24, 2.45) is 22.7 Å². The van der Waals surface area contributed by atoms with E-state index in [2.05, 4.69) is 10.6 Å². The highest BCUT2D eigenvalue weighted by molar-refractivity contribution is 8.00. The van der Waals surface area contributed by atoms with Crippen LogP contribution in [0.3, 0.4) is 0 Å². The monoisotopic (exact) mass is 728 g/mol. The van der Waals surface area contributed by atoms with Gasteiger partial charge in [-0.15, -0.1) is 0 Å². The van der Waals surface area contributed by atoms with E-state index in [1.165, 1.54) is 6.92 Å². The Hall–Kier alpha value is -2.45. The van der Waals surface area contributed by atoms with Gasteiger partial charge in [-0.2, -0.15) is 11.8 Å². The summed E-state index contributed by atoms with van der Waals surface area (Å²) in [6, 6.07) is 0.167. The van der Waals surface area contributed by atoms with Crippen LogP contribution in [0.25, 0.3) is 0 Å². The summed E-state index contributed by atoms with van der Waals surface area (Å²) in [5.74, 6) is -0.569. The van der Waals surface area contributed by atoms with Crippen LogP contribution in [0.2, 0.25) is 0 Å². The average molecular weight is 729 g/mol. The van der Waals surface area contributed by atoms with Crippen LogP contribution in [-0.2, 0) is 28.6 Å². The Labute approximate surface area is 302 Å². The maximum Gasteiger partial charge on any atom is 0.334 e. The van der Waals surface area contributed by atoms with Gasteiger partial charge in [0.2, 0.25) is 0 Å². The molecule has 0 radical (unpaired) electrons. The first-order valence-electron chi connectivity index (χ1n) is 18.8. The van der Waals surface area contributed by atoms with Gasteiger partial charge in [0.05, 0.1) is 29.2 Å². The molecule has 13 heteroatoms. The number of allylic oxidation sites excluding steroid dienone is 1. The summed E-state index contributed by atoms with van der Waals surface area (Å²) in [6.07, 6.45) is 7.41. The molecule has 8 aliphatic rings. The number of esters is 2. The van der Waals surface area contributed by atoms with Crippen molar-refractivity contribution in [3.63, 3.8) is 0 Å². The zero-order valence-electron chi connectivity index (χ0n) is 30.0. The van der Waals surface area contributed by atoms with E-state index in [1.807, 2.05) is 31.7 Å². The van der Waals surface area contributed by atoms with Gasteiger partial charge in [0.25, 0.3) is 0 Å². The predicted molar refractivity (Wildman–Crippen MR) is 185 cm³/mol. The number of fused-ring (bicyclic) bond motifs is 5. The van der Waals surface area contributed by atoms with Gasteiger partial charge in [-0.05, 0) is 95.6 Å². The van der Waals surface area contributed by atoms with Crippen LogP contribution in [0.15, 0.2) is 23.3 Å². The van der Waals surface area contributed by atoms with Crippen LogP contribution in [-0.4, -0.2) is 103 Å². The van der Waals surface area contributed by atoms with Crippen molar-refractivity contribution in [1.29, 1.82) is 0 Å². The van der Waals surface area contributed by atoms with E-state index in [-0.39, 0.29) is 80.1 Å². The smallest absolute Gasteiger partial charge is 0.334 e. The van der Waals surface area contributed by atoms with Gasteiger partial charge >= 0.3 is 18.0 Å². The van der Waals surface area contributed by atoms with Gasteiger partial charge in [-0.25, -0.2) is 9.59 Å².